The summed E-state index contributed by atoms with van der Waals surface area (Å²) in [5.74, 6) is -0.0852. The molecule has 1 saturated heterocycles. The zero-order chi connectivity index (χ0) is 17.4. The highest BCUT2D eigenvalue weighted by Gasteiger charge is 2.32. The fourth-order valence-electron chi connectivity index (χ4n) is 3.27. The molecule has 0 radical (unpaired) electrons. The van der Waals surface area contributed by atoms with Crippen LogP contribution in [0.2, 0.25) is 5.02 Å². The van der Waals surface area contributed by atoms with E-state index in [0.29, 0.717) is 30.2 Å². The Morgan fingerprint density at radius 2 is 2.20 bits per heavy atom. The molecule has 1 N–H and O–H groups in total. The maximum atomic E-state index is 14.1. The normalized spacial score (nSPS) is 20.6. The van der Waals surface area contributed by atoms with Crippen LogP contribution in [0.5, 0.6) is 0 Å². The molecule has 0 bridgehead atoms. The average Bonchev–Trinajstić information content (AvgIpc) is 2.64. The summed E-state index contributed by atoms with van der Waals surface area (Å²) < 4.78 is 14.1. The number of rotatable bonds is 2. The number of hydrogen-bond acceptors (Lipinski definition) is 4. The Kier molecular flexibility index (Phi) is 4.23. The Morgan fingerprint density at radius 3 is 3.08 bits per heavy atom. The second-order valence-corrected chi connectivity index (χ2v) is 6.56. The summed E-state index contributed by atoms with van der Waals surface area (Å²) in [7, 11) is 0. The van der Waals surface area contributed by atoms with Crippen LogP contribution in [0.3, 0.4) is 0 Å². The number of fused-ring (bicyclic) bond motifs is 1. The summed E-state index contributed by atoms with van der Waals surface area (Å²) in [6, 6.07) is 5.92. The van der Waals surface area contributed by atoms with Crippen molar-refractivity contribution in [2.45, 2.75) is 12.5 Å². The van der Waals surface area contributed by atoms with Crippen molar-refractivity contribution in [2.24, 2.45) is 0 Å². The average molecular weight is 359 g/mol. The maximum absolute atomic E-state index is 14.1. The number of carbonyl (C=O) groups excluding carboxylic acids is 1. The predicted molar refractivity (Wildman–Crippen MR) is 93.4 cm³/mol. The molecule has 0 aliphatic carbocycles. The molecule has 7 heteroatoms. The van der Waals surface area contributed by atoms with Gasteiger partial charge in [0.1, 0.15) is 5.82 Å². The van der Waals surface area contributed by atoms with Crippen LogP contribution >= 0.6 is 11.6 Å². The number of carbonyl (C=O) groups is 1. The van der Waals surface area contributed by atoms with E-state index < -0.39 is 5.82 Å². The number of amides is 1. The largest absolute Gasteiger partial charge is 0.353 e. The van der Waals surface area contributed by atoms with Crippen molar-refractivity contribution < 1.29 is 9.18 Å². The highest BCUT2D eigenvalue weighted by Crippen LogP contribution is 2.28. The molecular formula is C18H16ClFN4O. The van der Waals surface area contributed by atoms with Gasteiger partial charge in [-0.15, -0.1) is 0 Å². The molecule has 2 aliphatic heterocycles. The van der Waals surface area contributed by atoms with Crippen molar-refractivity contribution in [3.05, 3.63) is 53.1 Å². The Labute approximate surface area is 149 Å². The van der Waals surface area contributed by atoms with Crippen molar-refractivity contribution in [2.75, 3.05) is 19.6 Å². The first-order valence-electron chi connectivity index (χ1n) is 8.11. The van der Waals surface area contributed by atoms with E-state index in [-0.39, 0.29) is 23.3 Å². The third-order valence-electron chi connectivity index (χ3n) is 4.58. The SMILES string of the molecule is O=C1NCCN2CC=C(c3ccnc(-c4cc(Cl)ccc4F)n3)CC12. The van der Waals surface area contributed by atoms with Gasteiger partial charge in [0.15, 0.2) is 5.82 Å². The van der Waals surface area contributed by atoms with Crippen LogP contribution in [0.1, 0.15) is 12.1 Å². The lowest BCUT2D eigenvalue weighted by Gasteiger charge is -2.37. The summed E-state index contributed by atoms with van der Waals surface area (Å²) in [5, 5.41) is 3.33. The number of nitrogens with zero attached hydrogens (tertiary/aromatic N) is 3. The summed E-state index contributed by atoms with van der Waals surface area (Å²) in [5.41, 5.74) is 1.95. The van der Waals surface area contributed by atoms with Crippen LogP contribution in [-0.4, -0.2) is 46.5 Å². The topological polar surface area (TPSA) is 58.1 Å². The second-order valence-electron chi connectivity index (χ2n) is 6.12. The van der Waals surface area contributed by atoms with Crippen molar-refractivity contribution in [1.29, 1.82) is 0 Å². The quantitative estimate of drug-likeness (QED) is 0.896. The predicted octanol–water partition coefficient (Wildman–Crippen LogP) is 2.52. The fourth-order valence-corrected chi connectivity index (χ4v) is 3.44. The van der Waals surface area contributed by atoms with E-state index in [1.54, 1.807) is 12.3 Å². The summed E-state index contributed by atoms with van der Waals surface area (Å²) in [4.78, 5) is 22.9. The molecule has 1 unspecified atom stereocenters. The van der Waals surface area contributed by atoms with E-state index in [9.17, 15) is 9.18 Å². The van der Waals surface area contributed by atoms with Gasteiger partial charge in [0, 0.05) is 30.9 Å². The highest BCUT2D eigenvalue weighted by molar-refractivity contribution is 6.30. The first-order valence-corrected chi connectivity index (χ1v) is 8.49. The lowest BCUT2D eigenvalue weighted by molar-refractivity contribution is -0.128. The van der Waals surface area contributed by atoms with Gasteiger partial charge in [0.05, 0.1) is 17.3 Å². The van der Waals surface area contributed by atoms with Crippen LogP contribution in [0.15, 0.2) is 36.5 Å². The van der Waals surface area contributed by atoms with Crippen LogP contribution in [0.25, 0.3) is 17.0 Å². The summed E-state index contributed by atoms with van der Waals surface area (Å²) in [6.45, 7) is 2.24. The van der Waals surface area contributed by atoms with E-state index in [2.05, 4.69) is 26.3 Å². The minimum atomic E-state index is -0.419. The van der Waals surface area contributed by atoms with Gasteiger partial charge in [-0.1, -0.05) is 17.7 Å². The molecule has 25 heavy (non-hydrogen) atoms. The fraction of sp³-hybridized carbons (Fsp3) is 0.278. The van der Waals surface area contributed by atoms with Gasteiger partial charge in [-0.3, -0.25) is 9.69 Å². The van der Waals surface area contributed by atoms with Crippen molar-refractivity contribution in [1.82, 2.24) is 20.2 Å². The lowest BCUT2D eigenvalue weighted by atomic mass is 9.95. The molecule has 3 heterocycles. The summed E-state index contributed by atoms with van der Waals surface area (Å²) >= 11 is 5.96. The molecule has 128 valence electrons. The van der Waals surface area contributed by atoms with E-state index in [0.717, 1.165) is 12.1 Å². The molecule has 1 amide bonds. The molecule has 1 atom stereocenters. The molecule has 1 fully saturated rings. The molecule has 0 saturated carbocycles. The minimum absolute atomic E-state index is 0.0482. The number of halogens is 2. The molecule has 2 aromatic rings. The van der Waals surface area contributed by atoms with Crippen molar-refractivity contribution in [3.63, 3.8) is 0 Å². The zero-order valence-electron chi connectivity index (χ0n) is 13.4. The Hall–Kier alpha value is -2.31. The number of nitrogens with one attached hydrogen (secondary N) is 1. The van der Waals surface area contributed by atoms with Crippen LogP contribution in [0, 0.1) is 5.82 Å². The third-order valence-corrected chi connectivity index (χ3v) is 4.82. The van der Waals surface area contributed by atoms with Gasteiger partial charge >= 0.3 is 0 Å². The van der Waals surface area contributed by atoms with Crippen molar-refractivity contribution >= 4 is 23.1 Å². The Morgan fingerprint density at radius 1 is 1.32 bits per heavy atom. The number of piperazine rings is 1. The van der Waals surface area contributed by atoms with E-state index in [1.165, 1.54) is 18.2 Å². The minimum Gasteiger partial charge on any atom is -0.353 e. The van der Waals surface area contributed by atoms with Gasteiger partial charge in [0.2, 0.25) is 5.91 Å². The van der Waals surface area contributed by atoms with E-state index in [4.69, 9.17) is 11.6 Å². The van der Waals surface area contributed by atoms with Gasteiger partial charge in [-0.2, -0.15) is 0 Å². The molecule has 1 aromatic heterocycles. The highest BCUT2D eigenvalue weighted by atomic mass is 35.5. The van der Waals surface area contributed by atoms with Gasteiger partial charge < -0.3 is 5.32 Å². The smallest absolute Gasteiger partial charge is 0.237 e. The van der Waals surface area contributed by atoms with Gasteiger partial charge in [-0.25, -0.2) is 14.4 Å². The lowest BCUT2D eigenvalue weighted by Crippen LogP contribution is -2.56. The second kappa shape index (κ2) is 6.54. The van der Waals surface area contributed by atoms with Gasteiger partial charge in [-0.05, 0) is 36.3 Å². The number of benzene rings is 1. The van der Waals surface area contributed by atoms with Crippen LogP contribution < -0.4 is 5.32 Å². The van der Waals surface area contributed by atoms with Gasteiger partial charge in [0.25, 0.3) is 0 Å². The zero-order valence-corrected chi connectivity index (χ0v) is 14.1. The van der Waals surface area contributed by atoms with E-state index >= 15 is 0 Å². The molecule has 0 spiro atoms. The standard InChI is InChI=1S/C18H16ClFN4O/c19-12-1-2-14(20)13(10-12)17-21-5-3-15(23-17)11-4-7-24-8-6-22-18(25)16(24)9-11/h1-5,10,16H,6-9H2,(H,22,25). The third kappa shape index (κ3) is 3.15. The molecular weight excluding hydrogens is 343 g/mol. The van der Waals surface area contributed by atoms with Crippen molar-refractivity contribution in [3.8, 4) is 11.4 Å². The first kappa shape index (κ1) is 16.2. The first-order chi connectivity index (χ1) is 12.1. The molecule has 5 nitrogen and oxygen atoms in total. The molecule has 4 rings (SSSR count). The molecule has 2 aliphatic rings. The van der Waals surface area contributed by atoms with Crippen LogP contribution in [-0.2, 0) is 4.79 Å². The summed E-state index contributed by atoms with van der Waals surface area (Å²) in [6.07, 6.45) is 4.27. The van der Waals surface area contributed by atoms with E-state index in [1.807, 2.05) is 0 Å². The Balaban J connectivity index is 1.67. The maximum Gasteiger partial charge on any atom is 0.237 e. The van der Waals surface area contributed by atoms with Crippen LogP contribution in [0.4, 0.5) is 4.39 Å². The molecule has 1 aromatic carbocycles. The monoisotopic (exact) mass is 358 g/mol. The number of hydrogen-bond donors (Lipinski definition) is 1. The Bertz CT molecular complexity index is 870. The number of aromatic nitrogens is 2.